The zero-order chi connectivity index (χ0) is 16.9. The maximum atomic E-state index is 6.25. The van der Waals surface area contributed by atoms with E-state index in [0.717, 1.165) is 19.4 Å². The highest BCUT2D eigenvalue weighted by Crippen LogP contribution is 2.30. The summed E-state index contributed by atoms with van der Waals surface area (Å²) in [5.74, 6) is 0. The van der Waals surface area contributed by atoms with Crippen molar-refractivity contribution >= 4 is 52.8 Å². The standard InChI is InChI=1S/C19H27IOSSi/c1-19(2,23(3)4)14-21-16(11-12-20)9-10-17-13-15-7-5-6-8-18(15)22-17/h5-8,11-13,16,23H,9-10,14H2,1-4H3/b12-11+. The molecule has 0 saturated carbocycles. The second-order valence-electron chi connectivity index (χ2n) is 7.10. The van der Waals surface area contributed by atoms with E-state index in [1.165, 1.54) is 15.0 Å². The van der Waals surface area contributed by atoms with Gasteiger partial charge in [-0.25, -0.2) is 0 Å². The first-order chi connectivity index (χ1) is 10.9. The van der Waals surface area contributed by atoms with Gasteiger partial charge in [0, 0.05) is 25.0 Å². The quantitative estimate of drug-likeness (QED) is 0.327. The van der Waals surface area contributed by atoms with Crippen LogP contribution in [0.4, 0.5) is 0 Å². The van der Waals surface area contributed by atoms with Gasteiger partial charge in [0.2, 0.25) is 0 Å². The van der Waals surface area contributed by atoms with Crippen LogP contribution in [0.25, 0.3) is 10.1 Å². The van der Waals surface area contributed by atoms with Crippen molar-refractivity contribution in [2.75, 3.05) is 6.61 Å². The molecule has 1 atom stereocenters. The van der Waals surface area contributed by atoms with Crippen LogP contribution >= 0.6 is 33.9 Å². The molecule has 1 aromatic carbocycles. The van der Waals surface area contributed by atoms with Crippen molar-refractivity contribution in [1.82, 2.24) is 0 Å². The van der Waals surface area contributed by atoms with Gasteiger partial charge in [0.1, 0.15) is 0 Å². The Morgan fingerprint density at radius 2 is 2.04 bits per heavy atom. The number of hydrogen-bond donors (Lipinski definition) is 0. The van der Waals surface area contributed by atoms with E-state index >= 15 is 0 Å². The van der Waals surface area contributed by atoms with Gasteiger partial charge in [0.25, 0.3) is 0 Å². The van der Waals surface area contributed by atoms with Crippen LogP contribution < -0.4 is 0 Å². The summed E-state index contributed by atoms with van der Waals surface area (Å²) in [5, 5.41) is 1.72. The molecule has 23 heavy (non-hydrogen) atoms. The lowest BCUT2D eigenvalue weighted by atomic mass is 10.1. The molecule has 0 fully saturated rings. The summed E-state index contributed by atoms with van der Waals surface area (Å²) in [4.78, 5) is 1.46. The van der Waals surface area contributed by atoms with E-state index < -0.39 is 8.80 Å². The third kappa shape index (κ3) is 5.69. The summed E-state index contributed by atoms with van der Waals surface area (Å²) in [7, 11) is -0.707. The monoisotopic (exact) mass is 458 g/mol. The molecule has 1 aromatic heterocycles. The number of thiophene rings is 1. The first-order valence-corrected chi connectivity index (χ1v) is 13.2. The Bertz CT molecular complexity index is 615. The maximum Gasteiger partial charge on any atom is 0.0766 e. The molecule has 126 valence electrons. The molecule has 4 heteroatoms. The Labute approximate surface area is 159 Å². The molecule has 0 aliphatic heterocycles. The number of fused-ring (bicyclic) bond motifs is 1. The molecule has 0 amide bonds. The predicted molar refractivity (Wildman–Crippen MR) is 116 cm³/mol. The van der Waals surface area contributed by atoms with Gasteiger partial charge in [-0.15, -0.1) is 11.3 Å². The smallest absolute Gasteiger partial charge is 0.0766 e. The predicted octanol–water partition coefficient (Wildman–Crippen LogP) is 6.43. The highest BCUT2D eigenvalue weighted by Gasteiger charge is 2.24. The van der Waals surface area contributed by atoms with Crippen LogP contribution in [0.5, 0.6) is 0 Å². The van der Waals surface area contributed by atoms with Crippen LogP contribution in [0.3, 0.4) is 0 Å². The SMILES string of the molecule is C[SiH](C)C(C)(C)COC(/C=C/I)CCc1cc2ccccc2s1. The van der Waals surface area contributed by atoms with Gasteiger partial charge in [0.05, 0.1) is 6.10 Å². The maximum absolute atomic E-state index is 6.25. The first kappa shape index (κ1) is 19.2. The molecule has 2 rings (SSSR count). The van der Waals surface area contributed by atoms with Crippen molar-refractivity contribution in [2.45, 2.75) is 50.9 Å². The summed E-state index contributed by atoms with van der Waals surface area (Å²) in [6.45, 7) is 10.4. The van der Waals surface area contributed by atoms with E-state index in [-0.39, 0.29) is 6.10 Å². The molecule has 0 bridgehead atoms. The van der Waals surface area contributed by atoms with Gasteiger partial charge >= 0.3 is 0 Å². The minimum Gasteiger partial charge on any atom is -0.374 e. The number of benzene rings is 1. The van der Waals surface area contributed by atoms with Crippen LogP contribution in [-0.4, -0.2) is 21.5 Å². The second kappa shape index (κ2) is 8.79. The fraction of sp³-hybridized carbons (Fsp3) is 0.474. The molecular formula is C19H27IOSSi. The lowest BCUT2D eigenvalue weighted by Gasteiger charge is -2.29. The Hall–Kier alpha value is -0.173. The van der Waals surface area contributed by atoms with Gasteiger partial charge in [-0.1, -0.05) is 67.7 Å². The van der Waals surface area contributed by atoms with Crippen molar-refractivity contribution in [2.24, 2.45) is 0 Å². The third-order valence-electron chi connectivity index (χ3n) is 4.67. The van der Waals surface area contributed by atoms with Crippen molar-refractivity contribution in [3.8, 4) is 0 Å². The summed E-state index contributed by atoms with van der Waals surface area (Å²) in [6, 6.07) is 11.0. The zero-order valence-corrected chi connectivity index (χ0v) is 18.6. The normalized spacial score (nSPS) is 14.2. The summed E-state index contributed by atoms with van der Waals surface area (Å²) in [6.07, 6.45) is 4.57. The molecule has 0 aliphatic rings. The fourth-order valence-electron chi connectivity index (χ4n) is 2.25. The Morgan fingerprint density at radius 1 is 1.30 bits per heavy atom. The number of ether oxygens (including phenoxy) is 1. The average molecular weight is 458 g/mol. The van der Waals surface area contributed by atoms with Crippen LogP contribution in [0.1, 0.15) is 25.1 Å². The zero-order valence-electron chi connectivity index (χ0n) is 14.5. The van der Waals surface area contributed by atoms with Crippen LogP contribution in [0, 0.1) is 0 Å². The van der Waals surface area contributed by atoms with Crippen LogP contribution in [0.2, 0.25) is 18.1 Å². The van der Waals surface area contributed by atoms with E-state index in [1.54, 1.807) is 0 Å². The van der Waals surface area contributed by atoms with E-state index in [0.29, 0.717) is 5.04 Å². The molecule has 1 unspecified atom stereocenters. The highest BCUT2D eigenvalue weighted by atomic mass is 127. The molecule has 0 spiro atoms. The van der Waals surface area contributed by atoms with Gasteiger partial charge in [-0.05, 0) is 45.6 Å². The molecular weight excluding hydrogens is 431 g/mol. The van der Waals surface area contributed by atoms with Gasteiger partial charge in [0.15, 0.2) is 0 Å². The minimum atomic E-state index is -0.707. The minimum absolute atomic E-state index is 0.226. The van der Waals surface area contributed by atoms with Crippen molar-refractivity contribution < 1.29 is 4.74 Å². The van der Waals surface area contributed by atoms with E-state index in [4.69, 9.17) is 4.74 Å². The largest absolute Gasteiger partial charge is 0.374 e. The second-order valence-corrected chi connectivity index (χ2v) is 12.9. The molecule has 0 radical (unpaired) electrons. The number of aryl methyl sites for hydroxylation is 1. The van der Waals surface area contributed by atoms with E-state index in [9.17, 15) is 0 Å². The van der Waals surface area contributed by atoms with Crippen molar-refractivity contribution in [3.63, 3.8) is 0 Å². The number of rotatable bonds is 8. The molecule has 0 aliphatic carbocycles. The topological polar surface area (TPSA) is 9.23 Å². The number of hydrogen-bond acceptors (Lipinski definition) is 2. The molecule has 0 saturated heterocycles. The number of halogens is 1. The van der Waals surface area contributed by atoms with E-state index in [1.807, 2.05) is 11.3 Å². The van der Waals surface area contributed by atoms with E-state index in [2.05, 4.69) is 90.0 Å². The van der Waals surface area contributed by atoms with Crippen molar-refractivity contribution in [1.29, 1.82) is 0 Å². The van der Waals surface area contributed by atoms with Crippen LogP contribution in [-0.2, 0) is 11.2 Å². The molecule has 1 heterocycles. The molecule has 2 aromatic rings. The Kier molecular flexibility index (Phi) is 7.32. The van der Waals surface area contributed by atoms with Gasteiger partial charge < -0.3 is 4.74 Å². The van der Waals surface area contributed by atoms with Crippen molar-refractivity contribution in [3.05, 3.63) is 45.4 Å². The van der Waals surface area contributed by atoms with Gasteiger partial charge in [-0.3, -0.25) is 0 Å². The van der Waals surface area contributed by atoms with Gasteiger partial charge in [-0.2, -0.15) is 0 Å². The Morgan fingerprint density at radius 3 is 2.70 bits per heavy atom. The average Bonchev–Trinajstić information content (AvgIpc) is 2.92. The molecule has 1 nitrogen and oxygen atoms in total. The summed E-state index contributed by atoms with van der Waals surface area (Å²) in [5.41, 5.74) is 0. The molecule has 0 N–H and O–H groups in total. The third-order valence-corrected chi connectivity index (χ3v) is 9.56. The summed E-state index contributed by atoms with van der Waals surface area (Å²) < 4.78 is 9.73. The lowest BCUT2D eigenvalue weighted by molar-refractivity contribution is 0.0636. The summed E-state index contributed by atoms with van der Waals surface area (Å²) >= 11 is 4.20. The first-order valence-electron chi connectivity index (χ1n) is 8.28. The van der Waals surface area contributed by atoms with Crippen LogP contribution in [0.15, 0.2) is 40.5 Å². The Balaban J connectivity index is 1.94. The fourth-order valence-corrected chi connectivity index (χ4v) is 4.22. The lowest BCUT2D eigenvalue weighted by Crippen LogP contribution is -2.28. The highest BCUT2D eigenvalue weighted by molar-refractivity contribution is 14.1.